The molecule has 1 aliphatic carbocycles. The number of allylic oxidation sites excluding steroid dienone is 4. The molecule has 1 atom stereocenters. The molecule has 0 bridgehead atoms. The lowest BCUT2D eigenvalue weighted by Crippen LogP contribution is -2.45. The van der Waals surface area contributed by atoms with Gasteiger partial charge < -0.3 is 4.90 Å². The lowest BCUT2D eigenvalue weighted by molar-refractivity contribution is 0.148. The Morgan fingerprint density at radius 3 is 2.75 bits per heavy atom. The van der Waals surface area contributed by atoms with Crippen molar-refractivity contribution >= 4 is 11.6 Å². The van der Waals surface area contributed by atoms with Crippen molar-refractivity contribution in [1.82, 2.24) is 9.80 Å². The average Bonchev–Trinajstić information content (AvgIpc) is 2.47. The van der Waals surface area contributed by atoms with Crippen molar-refractivity contribution < 1.29 is 0 Å². The smallest absolute Gasteiger partial charge is 0.0402 e. The molecule has 2 rings (SSSR count). The predicted octanol–water partition coefficient (Wildman–Crippen LogP) is 2.10. The van der Waals surface area contributed by atoms with Crippen LogP contribution in [0.4, 0.5) is 0 Å². The van der Waals surface area contributed by atoms with Crippen molar-refractivity contribution in [1.29, 1.82) is 0 Å². The third-order valence-corrected chi connectivity index (χ3v) is 3.43. The van der Waals surface area contributed by atoms with Gasteiger partial charge in [0.25, 0.3) is 0 Å². The SMILES string of the molecule is CN1CCN(CC2C=CC=C(Cl)C=C2)CC1. The molecule has 1 fully saturated rings. The Hall–Kier alpha value is -0.570. The molecule has 0 saturated carbocycles. The van der Waals surface area contributed by atoms with E-state index >= 15 is 0 Å². The second-order valence-electron chi connectivity index (χ2n) is 4.56. The largest absolute Gasteiger partial charge is 0.304 e. The minimum atomic E-state index is 0.496. The van der Waals surface area contributed by atoms with E-state index in [1.165, 1.54) is 26.2 Å². The van der Waals surface area contributed by atoms with Gasteiger partial charge in [-0.25, -0.2) is 0 Å². The predicted molar refractivity (Wildman–Crippen MR) is 69.6 cm³/mol. The Labute approximate surface area is 103 Å². The van der Waals surface area contributed by atoms with E-state index in [1.807, 2.05) is 12.2 Å². The van der Waals surface area contributed by atoms with Gasteiger partial charge in [0.1, 0.15) is 0 Å². The van der Waals surface area contributed by atoms with E-state index in [4.69, 9.17) is 11.6 Å². The van der Waals surface area contributed by atoms with E-state index in [1.54, 1.807) is 0 Å². The first-order chi connectivity index (χ1) is 7.74. The van der Waals surface area contributed by atoms with Gasteiger partial charge in [-0.15, -0.1) is 0 Å². The van der Waals surface area contributed by atoms with E-state index in [9.17, 15) is 0 Å². The van der Waals surface area contributed by atoms with Gasteiger partial charge in [0.05, 0.1) is 0 Å². The Morgan fingerprint density at radius 1 is 1.25 bits per heavy atom. The van der Waals surface area contributed by atoms with Crippen molar-refractivity contribution in [3.8, 4) is 0 Å². The number of hydrogen-bond acceptors (Lipinski definition) is 2. The molecule has 1 unspecified atom stereocenters. The molecule has 0 aromatic carbocycles. The third kappa shape index (κ3) is 3.48. The van der Waals surface area contributed by atoms with Crippen LogP contribution in [0.25, 0.3) is 0 Å². The summed E-state index contributed by atoms with van der Waals surface area (Å²) < 4.78 is 0. The Bertz CT molecular complexity index is 312. The zero-order valence-electron chi connectivity index (χ0n) is 9.77. The van der Waals surface area contributed by atoms with Gasteiger partial charge in [-0.3, -0.25) is 4.90 Å². The second kappa shape index (κ2) is 5.67. The van der Waals surface area contributed by atoms with Crippen molar-refractivity contribution in [3.63, 3.8) is 0 Å². The average molecular weight is 239 g/mol. The van der Waals surface area contributed by atoms with Crippen LogP contribution in [0, 0.1) is 5.92 Å². The molecule has 2 aliphatic rings. The Balaban J connectivity index is 1.84. The summed E-state index contributed by atoms with van der Waals surface area (Å²) in [6.07, 6.45) is 10.4. The maximum absolute atomic E-state index is 5.95. The summed E-state index contributed by atoms with van der Waals surface area (Å²) in [6, 6.07) is 0. The molecule has 3 heteroatoms. The van der Waals surface area contributed by atoms with E-state index in [2.05, 4.69) is 35.1 Å². The normalized spacial score (nSPS) is 27.9. The van der Waals surface area contributed by atoms with Gasteiger partial charge in [0, 0.05) is 43.7 Å². The van der Waals surface area contributed by atoms with Crippen LogP contribution in [0.3, 0.4) is 0 Å². The van der Waals surface area contributed by atoms with Crippen LogP contribution in [0.5, 0.6) is 0 Å². The molecule has 16 heavy (non-hydrogen) atoms. The number of likely N-dealkylation sites (N-methyl/N-ethyl adjacent to an activating group) is 1. The summed E-state index contributed by atoms with van der Waals surface area (Å²) in [4.78, 5) is 4.91. The lowest BCUT2D eigenvalue weighted by Gasteiger charge is -2.33. The molecule has 2 nitrogen and oxygen atoms in total. The summed E-state index contributed by atoms with van der Waals surface area (Å²) in [5.41, 5.74) is 0. The number of piperazine rings is 1. The standard InChI is InChI=1S/C13H19ClN2/c1-15-7-9-16(10-8-15)11-12-3-2-4-13(14)6-5-12/h2-6,12H,7-11H2,1H3. The van der Waals surface area contributed by atoms with Crippen LogP contribution in [0.2, 0.25) is 0 Å². The van der Waals surface area contributed by atoms with Crippen LogP contribution in [0.1, 0.15) is 0 Å². The molecule has 0 spiro atoms. The van der Waals surface area contributed by atoms with E-state index in [0.29, 0.717) is 5.92 Å². The fourth-order valence-corrected chi connectivity index (χ4v) is 2.22. The van der Waals surface area contributed by atoms with E-state index in [0.717, 1.165) is 11.6 Å². The second-order valence-corrected chi connectivity index (χ2v) is 5.00. The summed E-state index contributed by atoms with van der Waals surface area (Å²) >= 11 is 5.95. The van der Waals surface area contributed by atoms with E-state index in [-0.39, 0.29) is 0 Å². The first-order valence-corrected chi connectivity index (χ1v) is 6.25. The minimum absolute atomic E-state index is 0.496. The maximum Gasteiger partial charge on any atom is 0.0402 e. The molecule has 0 radical (unpaired) electrons. The van der Waals surface area contributed by atoms with Crippen LogP contribution in [0.15, 0.2) is 35.4 Å². The fourth-order valence-electron chi connectivity index (χ4n) is 2.08. The number of nitrogens with zero attached hydrogens (tertiary/aromatic N) is 2. The molecule has 0 amide bonds. The van der Waals surface area contributed by atoms with Gasteiger partial charge in [-0.1, -0.05) is 29.8 Å². The van der Waals surface area contributed by atoms with Gasteiger partial charge in [-0.2, -0.15) is 0 Å². The summed E-state index contributed by atoms with van der Waals surface area (Å²) in [7, 11) is 2.19. The highest BCUT2D eigenvalue weighted by Gasteiger charge is 2.15. The van der Waals surface area contributed by atoms with Crippen LogP contribution >= 0.6 is 11.6 Å². The quantitative estimate of drug-likeness (QED) is 0.727. The van der Waals surface area contributed by atoms with E-state index < -0.39 is 0 Å². The van der Waals surface area contributed by atoms with Gasteiger partial charge >= 0.3 is 0 Å². The zero-order valence-corrected chi connectivity index (χ0v) is 10.5. The highest BCUT2D eigenvalue weighted by Crippen LogP contribution is 2.14. The summed E-state index contributed by atoms with van der Waals surface area (Å²) in [5.74, 6) is 0.496. The van der Waals surface area contributed by atoms with Crippen molar-refractivity contribution in [2.24, 2.45) is 5.92 Å². The summed E-state index contributed by atoms with van der Waals surface area (Å²) in [5, 5.41) is 0.817. The first kappa shape index (κ1) is 11.9. The highest BCUT2D eigenvalue weighted by molar-refractivity contribution is 6.31. The van der Waals surface area contributed by atoms with Gasteiger partial charge in [0.2, 0.25) is 0 Å². The molecule has 1 aliphatic heterocycles. The van der Waals surface area contributed by atoms with Gasteiger partial charge in [0.15, 0.2) is 0 Å². The third-order valence-electron chi connectivity index (χ3n) is 3.18. The molecule has 0 aromatic heterocycles. The van der Waals surface area contributed by atoms with Crippen LogP contribution < -0.4 is 0 Å². The molecular weight excluding hydrogens is 220 g/mol. The monoisotopic (exact) mass is 238 g/mol. The maximum atomic E-state index is 5.95. The molecule has 0 aromatic rings. The first-order valence-electron chi connectivity index (χ1n) is 5.87. The number of hydrogen-bond donors (Lipinski definition) is 0. The van der Waals surface area contributed by atoms with Crippen molar-refractivity contribution in [3.05, 3.63) is 35.4 Å². The van der Waals surface area contributed by atoms with Crippen LogP contribution in [-0.2, 0) is 0 Å². The molecule has 1 heterocycles. The molecule has 1 saturated heterocycles. The molecular formula is C13H19ClN2. The Kier molecular flexibility index (Phi) is 4.22. The fraction of sp³-hybridized carbons (Fsp3) is 0.538. The highest BCUT2D eigenvalue weighted by atomic mass is 35.5. The topological polar surface area (TPSA) is 6.48 Å². The minimum Gasteiger partial charge on any atom is -0.304 e. The van der Waals surface area contributed by atoms with Crippen molar-refractivity contribution in [2.45, 2.75) is 0 Å². The molecule has 88 valence electrons. The zero-order chi connectivity index (χ0) is 11.4. The number of rotatable bonds is 2. The van der Waals surface area contributed by atoms with Crippen LogP contribution in [-0.4, -0.2) is 49.6 Å². The lowest BCUT2D eigenvalue weighted by atomic mass is 10.1. The Morgan fingerprint density at radius 2 is 2.00 bits per heavy atom. The van der Waals surface area contributed by atoms with Crippen molar-refractivity contribution in [2.75, 3.05) is 39.8 Å². The summed E-state index contributed by atoms with van der Waals surface area (Å²) in [6.45, 7) is 5.82. The number of halogens is 1. The molecule has 0 N–H and O–H groups in total. The van der Waals surface area contributed by atoms with Gasteiger partial charge in [-0.05, 0) is 19.2 Å².